The molecular weight excluding hydrogens is 274 g/mol. The Kier molecular flexibility index (Phi) is 3.81. The average molecular weight is 283 g/mol. The minimum atomic E-state index is -0.742. The van der Waals surface area contributed by atoms with E-state index in [-0.39, 0.29) is 21.9 Å². The van der Waals surface area contributed by atoms with Gasteiger partial charge < -0.3 is 4.74 Å². The van der Waals surface area contributed by atoms with Crippen molar-refractivity contribution in [2.45, 2.75) is 0 Å². The highest BCUT2D eigenvalue weighted by atomic mass is 35.5. The Labute approximate surface area is 113 Å². The Balaban J connectivity index is 2.48. The van der Waals surface area contributed by atoms with Crippen LogP contribution < -0.4 is 4.74 Å². The SMILES string of the molecule is COc1ccc(C(=O)c2c(F)cccc2Cl)cc1F. The molecule has 0 radical (unpaired) electrons. The van der Waals surface area contributed by atoms with Crippen LogP contribution in [0.2, 0.25) is 5.02 Å². The van der Waals surface area contributed by atoms with E-state index >= 15 is 0 Å². The first-order valence-electron chi connectivity index (χ1n) is 5.37. The summed E-state index contributed by atoms with van der Waals surface area (Å²) in [6.07, 6.45) is 0. The molecule has 19 heavy (non-hydrogen) atoms. The predicted molar refractivity (Wildman–Crippen MR) is 67.8 cm³/mol. The summed E-state index contributed by atoms with van der Waals surface area (Å²) in [6.45, 7) is 0. The summed E-state index contributed by atoms with van der Waals surface area (Å²) >= 11 is 5.79. The van der Waals surface area contributed by atoms with E-state index in [2.05, 4.69) is 0 Å². The summed E-state index contributed by atoms with van der Waals surface area (Å²) in [6, 6.07) is 7.56. The first-order chi connectivity index (χ1) is 9.04. The van der Waals surface area contributed by atoms with Gasteiger partial charge in [-0.15, -0.1) is 0 Å². The second-order valence-electron chi connectivity index (χ2n) is 3.78. The molecule has 5 heteroatoms. The third-order valence-electron chi connectivity index (χ3n) is 2.60. The van der Waals surface area contributed by atoms with E-state index in [0.29, 0.717) is 0 Å². The van der Waals surface area contributed by atoms with Gasteiger partial charge in [0.05, 0.1) is 17.7 Å². The van der Waals surface area contributed by atoms with Gasteiger partial charge in [-0.05, 0) is 30.3 Å². The molecule has 2 nitrogen and oxygen atoms in total. The van der Waals surface area contributed by atoms with Gasteiger partial charge in [0.15, 0.2) is 17.3 Å². The van der Waals surface area contributed by atoms with Gasteiger partial charge in [0, 0.05) is 5.56 Å². The normalized spacial score (nSPS) is 10.3. The van der Waals surface area contributed by atoms with Crippen molar-refractivity contribution in [1.29, 1.82) is 0 Å². The van der Waals surface area contributed by atoms with Crippen LogP contribution in [0.3, 0.4) is 0 Å². The first-order valence-corrected chi connectivity index (χ1v) is 5.74. The van der Waals surface area contributed by atoms with Gasteiger partial charge in [0.1, 0.15) is 5.82 Å². The van der Waals surface area contributed by atoms with Gasteiger partial charge in [-0.3, -0.25) is 4.79 Å². The third-order valence-corrected chi connectivity index (χ3v) is 2.92. The van der Waals surface area contributed by atoms with Crippen molar-refractivity contribution in [2.24, 2.45) is 0 Å². The Bertz CT molecular complexity index is 621. The minimum Gasteiger partial charge on any atom is -0.494 e. The van der Waals surface area contributed by atoms with Gasteiger partial charge in [-0.25, -0.2) is 8.78 Å². The highest BCUT2D eigenvalue weighted by Gasteiger charge is 2.18. The standard InChI is InChI=1S/C14H9ClF2O2/c1-19-12-6-5-8(7-11(12)17)14(18)13-9(15)3-2-4-10(13)16/h2-7H,1H3. The number of carbonyl (C=O) groups excluding carboxylic acids is 1. The summed E-state index contributed by atoms with van der Waals surface area (Å²) in [4.78, 5) is 12.1. The van der Waals surface area contributed by atoms with Gasteiger partial charge in [-0.2, -0.15) is 0 Å². The number of benzene rings is 2. The number of hydrogen-bond acceptors (Lipinski definition) is 2. The number of halogens is 3. The number of hydrogen-bond donors (Lipinski definition) is 0. The van der Waals surface area contributed by atoms with Crippen molar-refractivity contribution in [1.82, 2.24) is 0 Å². The molecule has 0 fully saturated rings. The quantitative estimate of drug-likeness (QED) is 0.799. The molecule has 0 unspecified atom stereocenters. The smallest absolute Gasteiger partial charge is 0.197 e. The van der Waals surface area contributed by atoms with E-state index in [1.54, 1.807) is 0 Å². The Morgan fingerprint density at radius 1 is 1.16 bits per heavy atom. The van der Waals surface area contributed by atoms with Crippen LogP contribution in [0.1, 0.15) is 15.9 Å². The van der Waals surface area contributed by atoms with Crippen molar-refractivity contribution >= 4 is 17.4 Å². The number of ether oxygens (including phenoxy) is 1. The number of rotatable bonds is 3. The molecule has 0 heterocycles. The second-order valence-corrected chi connectivity index (χ2v) is 4.18. The zero-order valence-electron chi connectivity index (χ0n) is 9.91. The summed E-state index contributed by atoms with van der Waals surface area (Å²) in [5.41, 5.74) is -0.265. The van der Waals surface area contributed by atoms with Gasteiger partial charge in [0.2, 0.25) is 0 Å². The van der Waals surface area contributed by atoms with E-state index < -0.39 is 17.4 Å². The third kappa shape index (κ3) is 2.58. The molecule has 0 amide bonds. The van der Waals surface area contributed by atoms with Crippen LogP contribution >= 0.6 is 11.6 Å². The summed E-state index contributed by atoms with van der Waals surface area (Å²) < 4.78 is 31.9. The monoisotopic (exact) mass is 282 g/mol. The van der Waals surface area contributed by atoms with Crippen molar-refractivity contribution < 1.29 is 18.3 Å². The Morgan fingerprint density at radius 2 is 1.89 bits per heavy atom. The molecule has 0 atom stereocenters. The van der Waals surface area contributed by atoms with Crippen molar-refractivity contribution in [3.63, 3.8) is 0 Å². The molecule has 0 saturated heterocycles. The van der Waals surface area contributed by atoms with Crippen LogP contribution in [0.25, 0.3) is 0 Å². The maximum atomic E-state index is 13.6. The molecule has 0 aliphatic carbocycles. The molecule has 0 spiro atoms. The maximum absolute atomic E-state index is 13.6. The zero-order valence-corrected chi connectivity index (χ0v) is 10.7. The lowest BCUT2D eigenvalue weighted by molar-refractivity contribution is 0.103. The molecule has 2 aromatic rings. The highest BCUT2D eigenvalue weighted by molar-refractivity contribution is 6.35. The van der Waals surface area contributed by atoms with Crippen molar-refractivity contribution in [3.05, 3.63) is 64.2 Å². The lowest BCUT2D eigenvalue weighted by Gasteiger charge is -2.07. The fourth-order valence-electron chi connectivity index (χ4n) is 1.67. The molecule has 0 aromatic heterocycles. The fraction of sp³-hybridized carbons (Fsp3) is 0.0714. The molecule has 0 bridgehead atoms. The zero-order chi connectivity index (χ0) is 14.0. The van der Waals surface area contributed by atoms with E-state index in [1.165, 1.54) is 31.4 Å². The lowest BCUT2D eigenvalue weighted by Crippen LogP contribution is -2.06. The molecule has 2 rings (SSSR count). The Hall–Kier alpha value is -1.94. The van der Waals surface area contributed by atoms with Crippen molar-refractivity contribution in [2.75, 3.05) is 7.11 Å². The molecule has 2 aromatic carbocycles. The van der Waals surface area contributed by atoms with Crippen LogP contribution in [0.5, 0.6) is 5.75 Å². The van der Waals surface area contributed by atoms with Crippen LogP contribution in [0.15, 0.2) is 36.4 Å². The minimum absolute atomic E-state index is 0.00491. The van der Waals surface area contributed by atoms with E-state index in [1.807, 2.05) is 0 Å². The molecule has 98 valence electrons. The topological polar surface area (TPSA) is 26.3 Å². The highest BCUT2D eigenvalue weighted by Crippen LogP contribution is 2.24. The van der Waals surface area contributed by atoms with E-state index in [9.17, 15) is 13.6 Å². The van der Waals surface area contributed by atoms with Crippen LogP contribution in [0.4, 0.5) is 8.78 Å². The van der Waals surface area contributed by atoms with Crippen LogP contribution in [-0.4, -0.2) is 12.9 Å². The molecule has 0 N–H and O–H groups in total. The molecule has 0 aliphatic heterocycles. The summed E-state index contributed by atoms with van der Waals surface area (Å²) in [7, 11) is 1.31. The van der Waals surface area contributed by atoms with Crippen LogP contribution in [-0.2, 0) is 0 Å². The van der Waals surface area contributed by atoms with Gasteiger partial charge in [-0.1, -0.05) is 17.7 Å². The Morgan fingerprint density at radius 3 is 2.47 bits per heavy atom. The largest absolute Gasteiger partial charge is 0.494 e. The molecule has 0 aliphatic rings. The number of ketones is 1. The summed E-state index contributed by atoms with van der Waals surface area (Å²) in [5.74, 6) is -2.10. The van der Waals surface area contributed by atoms with E-state index in [4.69, 9.17) is 16.3 Å². The van der Waals surface area contributed by atoms with Gasteiger partial charge in [0.25, 0.3) is 0 Å². The van der Waals surface area contributed by atoms with Crippen molar-refractivity contribution in [3.8, 4) is 5.75 Å². The molecule has 0 saturated carbocycles. The molecular formula is C14H9ClF2O2. The fourth-order valence-corrected chi connectivity index (χ4v) is 1.92. The van der Waals surface area contributed by atoms with E-state index in [0.717, 1.165) is 12.1 Å². The summed E-state index contributed by atoms with van der Waals surface area (Å²) in [5, 5.41) is -0.0128. The first kappa shape index (κ1) is 13.5. The van der Waals surface area contributed by atoms with Crippen LogP contribution in [0, 0.1) is 11.6 Å². The average Bonchev–Trinajstić information content (AvgIpc) is 2.38. The lowest BCUT2D eigenvalue weighted by atomic mass is 10.0. The number of carbonyl (C=O) groups is 1. The predicted octanol–water partition coefficient (Wildman–Crippen LogP) is 3.86. The second kappa shape index (κ2) is 5.36. The van der Waals surface area contributed by atoms with Gasteiger partial charge >= 0.3 is 0 Å². The number of methoxy groups -OCH3 is 1. The maximum Gasteiger partial charge on any atom is 0.197 e.